The van der Waals surface area contributed by atoms with Crippen LogP contribution in [0.3, 0.4) is 0 Å². The fourth-order valence-electron chi connectivity index (χ4n) is 2.39. The molecule has 1 unspecified atom stereocenters. The Morgan fingerprint density at radius 2 is 1.17 bits per heavy atom. The molecule has 1 nitrogen and oxygen atoms in total. The van der Waals surface area contributed by atoms with Crippen LogP contribution in [0.1, 0.15) is 96.8 Å². The predicted octanol–water partition coefficient (Wildman–Crippen LogP) is 5.66. The maximum absolute atomic E-state index is 9.84. The zero-order valence-electron chi connectivity index (χ0n) is 12.6. The van der Waals surface area contributed by atoms with E-state index >= 15 is 0 Å². The summed E-state index contributed by atoms with van der Waals surface area (Å²) in [6.07, 6.45) is 17.4. The maximum atomic E-state index is 9.84. The first kappa shape index (κ1) is 17.8. The van der Waals surface area contributed by atoms with Gasteiger partial charge in [0.1, 0.15) is 0 Å². The van der Waals surface area contributed by atoms with E-state index in [-0.39, 0.29) is 6.10 Å². The maximum Gasteiger partial charge on any atom is 0.0850 e. The summed E-state index contributed by atoms with van der Waals surface area (Å²) in [5.41, 5.74) is 0. The van der Waals surface area contributed by atoms with Crippen molar-refractivity contribution in [3.63, 3.8) is 0 Å². The number of rotatable bonds is 14. The Labute approximate surface area is 115 Å². The first-order chi connectivity index (χ1) is 8.81. The third-order valence-corrected chi connectivity index (χ3v) is 3.68. The highest BCUT2D eigenvalue weighted by molar-refractivity contribution is 4.57. The Bertz CT molecular complexity index is 129. The number of hydrogen-bond acceptors (Lipinski definition) is 1. The zero-order valence-corrected chi connectivity index (χ0v) is 12.6. The van der Waals surface area contributed by atoms with Gasteiger partial charge in [-0.25, -0.2) is 0 Å². The van der Waals surface area contributed by atoms with Crippen molar-refractivity contribution in [3.8, 4) is 0 Å². The predicted molar refractivity (Wildman–Crippen MR) is 81.7 cm³/mol. The third-order valence-electron chi connectivity index (χ3n) is 3.68. The minimum Gasteiger partial charge on any atom is -0.393 e. The lowest BCUT2D eigenvalue weighted by Gasteiger charge is -2.10. The second kappa shape index (κ2) is 14.9. The molecule has 0 saturated heterocycles. The van der Waals surface area contributed by atoms with Crippen molar-refractivity contribution in [2.75, 3.05) is 0 Å². The molecular weight excluding hydrogens is 220 g/mol. The Kier molecular flexibility index (Phi) is 14.7. The first-order valence-corrected chi connectivity index (χ1v) is 8.28. The minimum atomic E-state index is -0.0379. The summed E-state index contributed by atoms with van der Waals surface area (Å²) in [6.45, 7) is 6.10. The van der Waals surface area contributed by atoms with Crippen LogP contribution in [0, 0.1) is 6.92 Å². The highest BCUT2D eigenvalue weighted by Crippen LogP contribution is 2.13. The summed E-state index contributed by atoms with van der Waals surface area (Å²) in [5.74, 6) is 0. The van der Waals surface area contributed by atoms with Gasteiger partial charge in [-0.3, -0.25) is 0 Å². The van der Waals surface area contributed by atoms with E-state index in [4.69, 9.17) is 0 Å². The molecule has 0 aromatic heterocycles. The molecule has 1 N–H and O–H groups in total. The van der Waals surface area contributed by atoms with Gasteiger partial charge in [0.05, 0.1) is 19.4 Å². The topological polar surface area (TPSA) is 20.2 Å². The van der Waals surface area contributed by atoms with Crippen molar-refractivity contribution in [3.05, 3.63) is 6.92 Å². The van der Waals surface area contributed by atoms with E-state index in [2.05, 4.69) is 13.8 Å². The van der Waals surface area contributed by atoms with Crippen LogP contribution in [0.2, 0.25) is 0 Å². The molecule has 0 bridgehead atoms. The molecule has 0 aliphatic heterocycles. The van der Waals surface area contributed by atoms with Crippen molar-refractivity contribution < 1.29 is 5.11 Å². The van der Waals surface area contributed by atoms with E-state index in [0.29, 0.717) is 0 Å². The molecule has 0 saturated carbocycles. The van der Waals surface area contributed by atoms with E-state index in [1.807, 2.05) is 0 Å². The number of aliphatic hydroxyl groups excluding tert-OH is 1. The van der Waals surface area contributed by atoms with Crippen molar-refractivity contribution >= 4 is 0 Å². The van der Waals surface area contributed by atoms with Gasteiger partial charge >= 0.3 is 0 Å². The summed E-state index contributed by atoms with van der Waals surface area (Å²) in [5, 5.41) is 9.84. The Morgan fingerprint density at radius 1 is 0.722 bits per heavy atom. The summed E-state index contributed by atoms with van der Waals surface area (Å²) < 4.78 is 0. The fraction of sp³-hybridized carbons (Fsp3) is 0.941. The van der Waals surface area contributed by atoms with Gasteiger partial charge in [0.2, 0.25) is 0 Å². The SMILES string of the molecule is [CH2+]CCCCCCCC(O)CCCCCCCC. The summed E-state index contributed by atoms with van der Waals surface area (Å²) in [7, 11) is 0. The molecule has 0 spiro atoms. The second-order valence-corrected chi connectivity index (χ2v) is 5.62. The van der Waals surface area contributed by atoms with Gasteiger partial charge in [-0.15, -0.1) is 0 Å². The quantitative estimate of drug-likeness (QED) is 0.313. The van der Waals surface area contributed by atoms with Gasteiger partial charge in [0.15, 0.2) is 0 Å². The van der Waals surface area contributed by atoms with Crippen molar-refractivity contribution in [1.82, 2.24) is 0 Å². The normalized spacial score (nSPS) is 12.8. The molecule has 0 aliphatic rings. The Balaban J connectivity index is 3.10. The van der Waals surface area contributed by atoms with E-state index in [0.717, 1.165) is 19.3 Å². The number of hydrogen-bond donors (Lipinski definition) is 1. The van der Waals surface area contributed by atoms with E-state index in [1.165, 1.54) is 70.6 Å². The Morgan fingerprint density at radius 3 is 1.67 bits per heavy atom. The summed E-state index contributed by atoms with van der Waals surface area (Å²) in [6, 6.07) is 0. The standard InChI is InChI=1S/C17H35O/c1-3-5-7-9-11-13-15-17(18)16-14-12-10-8-6-4-2/h17-18H,1,3-16H2,2H3/q+1. The smallest absolute Gasteiger partial charge is 0.0850 e. The van der Waals surface area contributed by atoms with Gasteiger partial charge < -0.3 is 5.11 Å². The van der Waals surface area contributed by atoms with Crippen LogP contribution in [-0.2, 0) is 0 Å². The van der Waals surface area contributed by atoms with Gasteiger partial charge in [-0.2, -0.15) is 0 Å². The lowest BCUT2D eigenvalue weighted by Crippen LogP contribution is -2.05. The van der Waals surface area contributed by atoms with Gasteiger partial charge in [0, 0.05) is 0 Å². The average molecular weight is 255 g/mol. The highest BCUT2D eigenvalue weighted by atomic mass is 16.3. The van der Waals surface area contributed by atoms with Crippen LogP contribution in [0.5, 0.6) is 0 Å². The number of unbranched alkanes of at least 4 members (excludes halogenated alkanes) is 10. The van der Waals surface area contributed by atoms with Crippen LogP contribution in [0.15, 0.2) is 0 Å². The van der Waals surface area contributed by atoms with Crippen LogP contribution >= 0.6 is 0 Å². The fourth-order valence-corrected chi connectivity index (χ4v) is 2.39. The van der Waals surface area contributed by atoms with Crippen molar-refractivity contribution in [1.29, 1.82) is 0 Å². The molecule has 108 valence electrons. The van der Waals surface area contributed by atoms with E-state index < -0.39 is 0 Å². The average Bonchev–Trinajstić information content (AvgIpc) is 2.38. The molecule has 0 rings (SSSR count). The first-order valence-electron chi connectivity index (χ1n) is 8.28. The largest absolute Gasteiger partial charge is 0.393 e. The molecule has 1 heteroatoms. The van der Waals surface area contributed by atoms with Crippen LogP contribution in [0.25, 0.3) is 0 Å². The molecule has 0 amide bonds. The molecule has 0 aliphatic carbocycles. The summed E-state index contributed by atoms with van der Waals surface area (Å²) >= 11 is 0. The third kappa shape index (κ3) is 13.9. The van der Waals surface area contributed by atoms with Gasteiger partial charge in [0.25, 0.3) is 0 Å². The molecule has 0 aromatic carbocycles. The molecular formula is C17H35O+. The van der Waals surface area contributed by atoms with E-state index in [9.17, 15) is 5.11 Å². The van der Waals surface area contributed by atoms with Crippen LogP contribution in [-0.4, -0.2) is 11.2 Å². The van der Waals surface area contributed by atoms with Crippen LogP contribution < -0.4 is 0 Å². The zero-order chi connectivity index (χ0) is 13.5. The lowest BCUT2D eigenvalue weighted by atomic mass is 10.0. The molecule has 0 heterocycles. The van der Waals surface area contributed by atoms with Crippen molar-refractivity contribution in [2.24, 2.45) is 0 Å². The minimum absolute atomic E-state index is 0.0379. The molecule has 0 radical (unpaired) electrons. The highest BCUT2D eigenvalue weighted by Gasteiger charge is 2.03. The number of aliphatic hydroxyl groups is 1. The van der Waals surface area contributed by atoms with Crippen molar-refractivity contribution in [2.45, 2.75) is 103 Å². The van der Waals surface area contributed by atoms with Gasteiger partial charge in [-0.1, -0.05) is 64.7 Å². The molecule has 0 aromatic rings. The monoisotopic (exact) mass is 255 g/mol. The van der Waals surface area contributed by atoms with E-state index in [1.54, 1.807) is 0 Å². The Hall–Kier alpha value is -0.170. The molecule has 1 atom stereocenters. The lowest BCUT2D eigenvalue weighted by molar-refractivity contribution is 0.147. The molecule has 0 fully saturated rings. The van der Waals surface area contributed by atoms with Crippen LogP contribution in [0.4, 0.5) is 0 Å². The van der Waals surface area contributed by atoms with Gasteiger partial charge in [-0.05, 0) is 25.7 Å². The second-order valence-electron chi connectivity index (χ2n) is 5.62. The summed E-state index contributed by atoms with van der Waals surface area (Å²) in [4.78, 5) is 0. The molecule has 18 heavy (non-hydrogen) atoms.